The van der Waals surface area contributed by atoms with Crippen molar-refractivity contribution in [2.75, 3.05) is 13.2 Å². The summed E-state index contributed by atoms with van der Waals surface area (Å²) in [6.07, 6.45) is 2.28. The van der Waals surface area contributed by atoms with Crippen LogP contribution in [-0.4, -0.2) is 19.1 Å². The number of carbonyl (C=O) groups is 1. The molecule has 3 nitrogen and oxygen atoms in total. The van der Waals surface area contributed by atoms with Gasteiger partial charge in [-0.2, -0.15) is 0 Å². The van der Waals surface area contributed by atoms with Crippen LogP contribution in [0, 0.1) is 0 Å². The molecule has 1 saturated carbocycles. The van der Waals surface area contributed by atoms with Crippen LogP contribution in [0.15, 0.2) is 60.7 Å². The molecule has 1 amide bonds. The second-order valence-corrected chi connectivity index (χ2v) is 5.90. The van der Waals surface area contributed by atoms with Gasteiger partial charge in [-0.1, -0.05) is 60.7 Å². The Balaban J connectivity index is 1.41. The molecule has 0 saturated heterocycles. The first-order valence-corrected chi connectivity index (χ1v) is 7.72. The van der Waals surface area contributed by atoms with Gasteiger partial charge in [-0.25, -0.2) is 0 Å². The van der Waals surface area contributed by atoms with Gasteiger partial charge in [0.05, 0.1) is 6.61 Å². The van der Waals surface area contributed by atoms with Crippen molar-refractivity contribution in [3.63, 3.8) is 0 Å². The molecule has 0 heterocycles. The molecule has 2 aromatic carbocycles. The van der Waals surface area contributed by atoms with E-state index in [2.05, 4.69) is 29.6 Å². The first-order chi connectivity index (χ1) is 10.8. The predicted molar refractivity (Wildman–Crippen MR) is 86.5 cm³/mol. The lowest BCUT2D eigenvalue weighted by atomic mass is 9.96. The molecule has 22 heavy (non-hydrogen) atoms. The molecule has 114 valence electrons. The SMILES string of the molecule is O=C(COCc1ccccc1)NCC1(c2ccccc2)CC1. The van der Waals surface area contributed by atoms with Crippen LogP contribution in [0.3, 0.4) is 0 Å². The largest absolute Gasteiger partial charge is 0.367 e. The van der Waals surface area contributed by atoms with Crippen molar-refractivity contribution in [2.45, 2.75) is 24.9 Å². The van der Waals surface area contributed by atoms with Crippen LogP contribution in [0.1, 0.15) is 24.0 Å². The summed E-state index contributed by atoms with van der Waals surface area (Å²) in [5, 5.41) is 3.01. The van der Waals surface area contributed by atoms with Crippen molar-refractivity contribution < 1.29 is 9.53 Å². The molecule has 2 aromatic rings. The van der Waals surface area contributed by atoms with Gasteiger partial charge in [0.15, 0.2) is 0 Å². The summed E-state index contributed by atoms with van der Waals surface area (Å²) in [5.74, 6) is -0.0434. The minimum atomic E-state index is -0.0434. The van der Waals surface area contributed by atoms with E-state index in [9.17, 15) is 4.79 Å². The number of carbonyl (C=O) groups excluding carboxylic acids is 1. The minimum Gasteiger partial charge on any atom is -0.367 e. The Hall–Kier alpha value is -2.13. The molecule has 0 atom stereocenters. The van der Waals surface area contributed by atoms with Crippen molar-refractivity contribution in [3.8, 4) is 0 Å². The monoisotopic (exact) mass is 295 g/mol. The zero-order chi connectivity index (χ0) is 15.3. The van der Waals surface area contributed by atoms with E-state index in [1.165, 1.54) is 5.56 Å². The highest BCUT2D eigenvalue weighted by atomic mass is 16.5. The normalized spacial score (nSPS) is 15.3. The molecule has 0 aliphatic heterocycles. The van der Waals surface area contributed by atoms with Crippen molar-refractivity contribution in [3.05, 3.63) is 71.8 Å². The Bertz CT molecular complexity index is 606. The van der Waals surface area contributed by atoms with Crippen LogP contribution in [-0.2, 0) is 21.6 Å². The summed E-state index contributed by atoms with van der Waals surface area (Å²) in [4.78, 5) is 11.9. The fourth-order valence-electron chi connectivity index (χ4n) is 2.66. The molecule has 1 fully saturated rings. The Kier molecular flexibility index (Phi) is 4.54. The third-order valence-electron chi connectivity index (χ3n) is 4.21. The highest BCUT2D eigenvalue weighted by Gasteiger charge is 2.44. The summed E-state index contributed by atoms with van der Waals surface area (Å²) in [6, 6.07) is 20.3. The van der Waals surface area contributed by atoms with Crippen LogP contribution in [0.4, 0.5) is 0 Å². The van der Waals surface area contributed by atoms with Crippen molar-refractivity contribution in [2.24, 2.45) is 0 Å². The Morgan fingerprint density at radius 1 is 1.00 bits per heavy atom. The maximum Gasteiger partial charge on any atom is 0.246 e. The maximum absolute atomic E-state index is 11.9. The first kappa shape index (κ1) is 14.8. The van der Waals surface area contributed by atoms with Crippen LogP contribution in [0.25, 0.3) is 0 Å². The fourth-order valence-corrected chi connectivity index (χ4v) is 2.66. The van der Waals surface area contributed by atoms with Crippen LogP contribution in [0.2, 0.25) is 0 Å². The van der Waals surface area contributed by atoms with Crippen molar-refractivity contribution in [1.82, 2.24) is 5.32 Å². The molecule has 0 aromatic heterocycles. The summed E-state index contributed by atoms with van der Waals surface area (Å²) in [6.45, 7) is 1.28. The van der Waals surface area contributed by atoms with E-state index in [4.69, 9.17) is 4.74 Å². The molecular formula is C19H21NO2. The van der Waals surface area contributed by atoms with Crippen molar-refractivity contribution >= 4 is 5.91 Å². The number of ether oxygens (including phenoxy) is 1. The molecule has 0 bridgehead atoms. The first-order valence-electron chi connectivity index (χ1n) is 7.72. The molecular weight excluding hydrogens is 274 g/mol. The van der Waals surface area contributed by atoms with Crippen LogP contribution >= 0.6 is 0 Å². The van der Waals surface area contributed by atoms with Gasteiger partial charge < -0.3 is 10.1 Å². The third kappa shape index (κ3) is 3.74. The molecule has 0 spiro atoms. The van der Waals surface area contributed by atoms with Crippen LogP contribution < -0.4 is 5.32 Å². The molecule has 0 radical (unpaired) electrons. The zero-order valence-corrected chi connectivity index (χ0v) is 12.6. The van der Waals surface area contributed by atoms with E-state index in [0.29, 0.717) is 13.2 Å². The van der Waals surface area contributed by atoms with E-state index < -0.39 is 0 Å². The Morgan fingerprint density at radius 2 is 1.64 bits per heavy atom. The van der Waals surface area contributed by atoms with Crippen molar-refractivity contribution in [1.29, 1.82) is 0 Å². The number of nitrogens with one attached hydrogen (secondary N) is 1. The number of hydrogen-bond acceptors (Lipinski definition) is 2. The second kappa shape index (κ2) is 6.75. The maximum atomic E-state index is 11.9. The number of rotatable bonds is 7. The van der Waals surface area contributed by atoms with E-state index in [-0.39, 0.29) is 17.9 Å². The van der Waals surface area contributed by atoms with Gasteiger partial charge in [0.2, 0.25) is 5.91 Å². The van der Waals surface area contributed by atoms with Gasteiger partial charge in [0, 0.05) is 12.0 Å². The lowest BCUT2D eigenvalue weighted by molar-refractivity contribution is -0.126. The Labute approximate surface area is 131 Å². The Morgan fingerprint density at radius 3 is 2.27 bits per heavy atom. The highest BCUT2D eigenvalue weighted by Crippen LogP contribution is 2.47. The highest BCUT2D eigenvalue weighted by molar-refractivity contribution is 5.77. The summed E-state index contributed by atoms with van der Waals surface area (Å²) in [5.41, 5.74) is 2.55. The van der Waals surface area contributed by atoms with Gasteiger partial charge in [-0.15, -0.1) is 0 Å². The van der Waals surface area contributed by atoms with E-state index in [1.807, 2.05) is 36.4 Å². The molecule has 3 heteroatoms. The molecule has 3 rings (SSSR count). The van der Waals surface area contributed by atoms with Crippen LogP contribution in [0.5, 0.6) is 0 Å². The predicted octanol–water partition coefficient (Wildman–Crippen LogP) is 3.05. The van der Waals surface area contributed by atoms with Gasteiger partial charge in [0.25, 0.3) is 0 Å². The zero-order valence-electron chi connectivity index (χ0n) is 12.6. The smallest absolute Gasteiger partial charge is 0.246 e. The molecule has 1 N–H and O–H groups in total. The molecule has 1 aliphatic rings. The average molecular weight is 295 g/mol. The molecule has 1 aliphatic carbocycles. The van der Waals surface area contributed by atoms with E-state index >= 15 is 0 Å². The molecule has 0 unspecified atom stereocenters. The van der Waals surface area contributed by atoms with Gasteiger partial charge >= 0.3 is 0 Å². The lowest BCUT2D eigenvalue weighted by Crippen LogP contribution is -2.34. The third-order valence-corrected chi connectivity index (χ3v) is 4.21. The van der Waals surface area contributed by atoms with E-state index in [1.54, 1.807) is 0 Å². The van der Waals surface area contributed by atoms with Gasteiger partial charge in [-0.3, -0.25) is 4.79 Å². The minimum absolute atomic E-state index is 0.0434. The topological polar surface area (TPSA) is 38.3 Å². The van der Waals surface area contributed by atoms with Gasteiger partial charge in [0.1, 0.15) is 6.61 Å². The quantitative estimate of drug-likeness (QED) is 0.852. The van der Waals surface area contributed by atoms with E-state index in [0.717, 1.165) is 18.4 Å². The number of hydrogen-bond donors (Lipinski definition) is 1. The van der Waals surface area contributed by atoms with Gasteiger partial charge in [-0.05, 0) is 24.0 Å². The average Bonchev–Trinajstić information content (AvgIpc) is 3.36. The number of amides is 1. The summed E-state index contributed by atoms with van der Waals surface area (Å²) >= 11 is 0. The fraction of sp³-hybridized carbons (Fsp3) is 0.316. The number of benzene rings is 2. The second-order valence-electron chi connectivity index (χ2n) is 5.90. The lowest BCUT2D eigenvalue weighted by Gasteiger charge is -2.16. The summed E-state index contributed by atoms with van der Waals surface area (Å²) in [7, 11) is 0. The standard InChI is InChI=1S/C19H21NO2/c21-18(14-22-13-16-7-3-1-4-8-16)20-15-19(11-12-19)17-9-5-2-6-10-17/h1-10H,11-15H2,(H,20,21). The summed E-state index contributed by atoms with van der Waals surface area (Å²) < 4.78 is 5.46.